The molecule has 1 aromatic rings. The number of amides is 1. The molecule has 0 atom stereocenters. The average molecular weight is 234 g/mol. The van der Waals surface area contributed by atoms with Crippen LogP contribution in [0.15, 0.2) is 12.1 Å². The number of carbonyl (C=O) groups is 1. The van der Waals surface area contributed by atoms with Crippen molar-refractivity contribution >= 4 is 5.91 Å². The second-order valence-electron chi connectivity index (χ2n) is 5.44. The first-order valence-electron chi connectivity index (χ1n) is 5.85. The first kappa shape index (κ1) is 13.7. The van der Waals surface area contributed by atoms with Gasteiger partial charge in [0.25, 0.3) is 5.91 Å². The molecule has 3 heteroatoms. The molecule has 0 saturated heterocycles. The van der Waals surface area contributed by atoms with Crippen LogP contribution in [0, 0.1) is 20.8 Å². The summed E-state index contributed by atoms with van der Waals surface area (Å²) >= 11 is 0. The van der Waals surface area contributed by atoms with Crippen molar-refractivity contribution in [1.29, 1.82) is 0 Å². The molecule has 17 heavy (non-hydrogen) atoms. The van der Waals surface area contributed by atoms with Crippen LogP contribution in [0.3, 0.4) is 0 Å². The van der Waals surface area contributed by atoms with Gasteiger partial charge in [0.2, 0.25) is 0 Å². The molecule has 0 saturated carbocycles. The number of hydrogen-bond acceptors (Lipinski definition) is 2. The van der Waals surface area contributed by atoms with E-state index in [1.54, 1.807) is 0 Å². The highest BCUT2D eigenvalue weighted by Gasteiger charge is 2.16. The summed E-state index contributed by atoms with van der Waals surface area (Å²) in [6.45, 7) is 10.2. The molecule has 1 amide bonds. The maximum Gasteiger partial charge on any atom is 0.251 e. The van der Waals surface area contributed by atoms with Crippen molar-refractivity contribution in [2.24, 2.45) is 5.73 Å². The standard InChI is InChI=1S/C14H22N2O/c1-9-6-10(2)12(11(3)7-9)13(17)16-8-14(4,5)15/h6-7H,8,15H2,1-5H3,(H,16,17). The van der Waals surface area contributed by atoms with Gasteiger partial charge in [-0.1, -0.05) is 17.7 Å². The Labute approximate surface area is 103 Å². The lowest BCUT2D eigenvalue weighted by atomic mass is 9.99. The first-order chi connectivity index (χ1) is 7.70. The zero-order valence-electron chi connectivity index (χ0n) is 11.3. The van der Waals surface area contributed by atoms with Gasteiger partial charge in [-0.15, -0.1) is 0 Å². The van der Waals surface area contributed by atoms with Crippen molar-refractivity contribution in [2.45, 2.75) is 40.2 Å². The van der Waals surface area contributed by atoms with Crippen molar-refractivity contribution in [3.63, 3.8) is 0 Å². The minimum Gasteiger partial charge on any atom is -0.350 e. The van der Waals surface area contributed by atoms with Crippen LogP contribution in [0.25, 0.3) is 0 Å². The van der Waals surface area contributed by atoms with Crippen molar-refractivity contribution in [1.82, 2.24) is 5.32 Å². The maximum atomic E-state index is 12.1. The number of nitrogens with two attached hydrogens (primary N) is 1. The molecule has 1 rings (SSSR count). The topological polar surface area (TPSA) is 55.1 Å². The average Bonchev–Trinajstić information content (AvgIpc) is 2.11. The lowest BCUT2D eigenvalue weighted by Crippen LogP contribution is -2.45. The van der Waals surface area contributed by atoms with Gasteiger partial charge < -0.3 is 11.1 Å². The molecule has 0 aliphatic heterocycles. The van der Waals surface area contributed by atoms with Gasteiger partial charge in [0, 0.05) is 17.6 Å². The summed E-state index contributed by atoms with van der Waals surface area (Å²) in [7, 11) is 0. The Kier molecular flexibility index (Phi) is 3.94. The summed E-state index contributed by atoms with van der Waals surface area (Å²) in [5.41, 5.74) is 9.42. The number of aryl methyl sites for hydroxylation is 3. The molecule has 0 spiro atoms. The quantitative estimate of drug-likeness (QED) is 0.841. The predicted molar refractivity (Wildman–Crippen MR) is 71.3 cm³/mol. The Morgan fingerprint density at radius 3 is 2.12 bits per heavy atom. The molecule has 94 valence electrons. The van der Waals surface area contributed by atoms with E-state index in [-0.39, 0.29) is 11.4 Å². The Morgan fingerprint density at radius 1 is 1.24 bits per heavy atom. The summed E-state index contributed by atoms with van der Waals surface area (Å²) in [5, 5.41) is 2.88. The molecule has 3 nitrogen and oxygen atoms in total. The van der Waals surface area contributed by atoms with Gasteiger partial charge >= 0.3 is 0 Å². The monoisotopic (exact) mass is 234 g/mol. The molecule has 0 bridgehead atoms. The summed E-state index contributed by atoms with van der Waals surface area (Å²) in [5.74, 6) is -0.0430. The van der Waals surface area contributed by atoms with Crippen molar-refractivity contribution in [2.75, 3.05) is 6.54 Å². The van der Waals surface area contributed by atoms with Crippen molar-refractivity contribution < 1.29 is 4.79 Å². The molecule has 0 aliphatic carbocycles. The SMILES string of the molecule is Cc1cc(C)c(C(=O)NCC(C)(C)N)c(C)c1. The van der Waals surface area contributed by atoms with Crippen LogP contribution in [0.5, 0.6) is 0 Å². The first-order valence-corrected chi connectivity index (χ1v) is 5.85. The third kappa shape index (κ3) is 3.86. The number of benzene rings is 1. The van der Waals surface area contributed by atoms with Gasteiger partial charge in [-0.25, -0.2) is 0 Å². The highest BCUT2D eigenvalue weighted by atomic mass is 16.1. The summed E-state index contributed by atoms with van der Waals surface area (Å²) in [4.78, 5) is 12.1. The highest BCUT2D eigenvalue weighted by Crippen LogP contribution is 2.16. The highest BCUT2D eigenvalue weighted by molar-refractivity contribution is 5.97. The maximum absolute atomic E-state index is 12.1. The second-order valence-corrected chi connectivity index (χ2v) is 5.44. The van der Waals surface area contributed by atoms with Gasteiger partial charge in [0.1, 0.15) is 0 Å². The summed E-state index contributed by atoms with van der Waals surface area (Å²) in [6.07, 6.45) is 0. The fourth-order valence-corrected chi connectivity index (χ4v) is 1.93. The lowest BCUT2D eigenvalue weighted by molar-refractivity contribution is 0.0945. The smallest absolute Gasteiger partial charge is 0.251 e. The van der Waals surface area contributed by atoms with Gasteiger partial charge in [0.15, 0.2) is 0 Å². The molecule has 0 heterocycles. The lowest BCUT2D eigenvalue weighted by Gasteiger charge is -2.20. The Balaban J connectivity index is 2.90. The van der Waals surface area contributed by atoms with E-state index in [2.05, 4.69) is 5.32 Å². The molecular weight excluding hydrogens is 212 g/mol. The van der Waals surface area contributed by atoms with E-state index in [4.69, 9.17) is 5.73 Å². The fraction of sp³-hybridized carbons (Fsp3) is 0.500. The van der Waals surface area contributed by atoms with E-state index < -0.39 is 0 Å². The molecular formula is C14H22N2O. The summed E-state index contributed by atoms with van der Waals surface area (Å²) < 4.78 is 0. The molecule has 0 aliphatic rings. The third-order valence-electron chi connectivity index (χ3n) is 2.61. The van der Waals surface area contributed by atoms with Crippen LogP contribution in [-0.2, 0) is 0 Å². The van der Waals surface area contributed by atoms with Crippen molar-refractivity contribution in [3.8, 4) is 0 Å². The fourth-order valence-electron chi connectivity index (χ4n) is 1.93. The van der Waals surface area contributed by atoms with Crippen LogP contribution in [0.1, 0.15) is 40.9 Å². The largest absolute Gasteiger partial charge is 0.350 e. The minimum absolute atomic E-state index is 0.0430. The molecule has 0 radical (unpaired) electrons. The zero-order valence-corrected chi connectivity index (χ0v) is 11.3. The third-order valence-corrected chi connectivity index (χ3v) is 2.61. The van der Waals surface area contributed by atoms with Gasteiger partial charge in [0.05, 0.1) is 0 Å². The number of carbonyl (C=O) groups excluding carboxylic acids is 1. The van der Waals surface area contributed by atoms with E-state index >= 15 is 0 Å². The van der Waals surface area contributed by atoms with Crippen LogP contribution < -0.4 is 11.1 Å². The van der Waals surface area contributed by atoms with Gasteiger partial charge in [-0.2, -0.15) is 0 Å². The number of hydrogen-bond donors (Lipinski definition) is 2. The normalized spacial score (nSPS) is 11.4. The zero-order chi connectivity index (χ0) is 13.2. The summed E-state index contributed by atoms with van der Waals surface area (Å²) in [6, 6.07) is 4.05. The van der Waals surface area contributed by atoms with Crippen LogP contribution >= 0.6 is 0 Å². The molecule has 1 aromatic carbocycles. The Bertz CT molecular complexity index is 407. The van der Waals surface area contributed by atoms with Crippen LogP contribution in [0.2, 0.25) is 0 Å². The number of rotatable bonds is 3. The minimum atomic E-state index is -0.387. The molecule has 0 unspecified atom stereocenters. The van der Waals surface area contributed by atoms with E-state index in [0.29, 0.717) is 6.54 Å². The number of nitrogens with one attached hydrogen (secondary N) is 1. The van der Waals surface area contributed by atoms with E-state index in [1.165, 1.54) is 5.56 Å². The molecule has 3 N–H and O–H groups in total. The Morgan fingerprint density at radius 2 is 1.71 bits per heavy atom. The second kappa shape index (κ2) is 4.88. The molecule has 0 aromatic heterocycles. The van der Waals surface area contributed by atoms with E-state index in [1.807, 2.05) is 46.8 Å². The molecule has 0 fully saturated rings. The van der Waals surface area contributed by atoms with Gasteiger partial charge in [-0.3, -0.25) is 4.79 Å². The van der Waals surface area contributed by atoms with Crippen LogP contribution in [-0.4, -0.2) is 18.0 Å². The van der Waals surface area contributed by atoms with Gasteiger partial charge in [-0.05, 0) is 45.7 Å². The van der Waals surface area contributed by atoms with Crippen LogP contribution in [0.4, 0.5) is 0 Å². The van der Waals surface area contributed by atoms with E-state index in [0.717, 1.165) is 16.7 Å². The predicted octanol–water partition coefficient (Wildman–Crippen LogP) is 2.08. The van der Waals surface area contributed by atoms with Crippen molar-refractivity contribution in [3.05, 3.63) is 34.4 Å². The Hall–Kier alpha value is -1.35. The van der Waals surface area contributed by atoms with E-state index in [9.17, 15) is 4.79 Å².